The van der Waals surface area contributed by atoms with Crippen LogP contribution in [0.15, 0.2) is 72.8 Å². The zero-order chi connectivity index (χ0) is 25.7. The number of nitrogens with one attached hydrogen (secondary N) is 1. The number of urea groups is 1. The molecule has 3 aromatic rings. The molecule has 1 fully saturated rings. The molecule has 0 bridgehead atoms. The van der Waals surface area contributed by atoms with Crippen LogP contribution < -0.4 is 19.7 Å². The zero-order valence-electron chi connectivity index (χ0n) is 19.9. The topological polar surface area (TPSA) is 88.2 Å². The zero-order valence-corrected chi connectivity index (χ0v) is 19.9. The number of rotatable bonds is 9. The van der Waals surface area contributed by atoms with E-state index in [0.29, 0.717) is 35.0 Å². The van der Waals surface area contributed by atoms with Gasteiger partial charge in [0.1, 0.15) is 23.4 Å². The van der Waals surface area contributed by atoms with E-state index in [0.717, 1.165) is 4.90 Å². The van der Waals surface area contributed by atoms with Gasteiger partial charge in [-0.3, -0.25) is 9.59 Å². The summed E-state index contributed by atoms with van der Waals surface area (Å²) in [4.78, 5) is 42.0. The number of carbonyl (C=O) groups excluding carboxylic acids is 3. The molecule has 0 saturated carbocycles. The molecule has 36 heavy (non-hydrogen) atoms. The summed E-state index contributed by atoms with van der Waals surface area (Å²) in [6, 6.07) is 17.4. The predicted octanol–water partition coefficient (Wildman–Crippen LogP) is 4.60. The molecule has 4 amide bonds. The van der Waals surface area contributed by atoms with Crippen molar-refractivity contribution >= 4 is 29.2 Å². The molecule has 1 saturated heterocycles. The molecular weight excluding hydrogens is 465 g/mol. The SMILES string of the molecule is CCOc1ccc(NC(=O)C[C@H]2C(=O)N(c3ccc(OC)cc3)C(=O)N2Cc2cccc(F)c2)cc1. The number of nitrogens with zero attached hydrogens (tertiary/aromatic N) is 2. The third-order valence-electron chi connectivity index (χ3n) is 5.72. The van der Waals surface area contributed by atoms with Crippen molar-refractivity contribution in [3.63, 3.8) is 0 Å². The fraction of sp³-hybridized carbons (Fsp3) is 0.222. The largest absolute Gasteiger partial charge is 0.497 e. The molecule has 0 radical (unpaired) electrons. The fourth-order valence-corrected chi connectivity index (χ4v) is 4.00. The van der Waals surface area contributed by atoms with E-state index in [1.54, 1.807) is 54.6 Å². The van der Waals surface area contributed by atoms with Gasteiger partial charge in [-0.25, -0.2) is 14.1 Å². The molecule has 1 aliphatic rings. The molecule has 3 aromatic carbocycles. The summed E-state index contributed by atoms with van der Waals surface area (Å²) in [6.07, 6.45) is -0.264. The number of ether oxygens (including phenoxy) is 2. The second-order valence-electron chi connectivity index (χ2n) is 8.14. The van der Waals surface area contributed by atoms with Crippen molar-refractivity contribution in [1.82, 2.24) is 4.90 Å². The highest BCUT2D eigenvalue weighted by atomic mass is 19.1. The van der Waals surface area contributed by atoms with E-state index in [-0.39, 0.29) is 13.0 Å². The van der Waals surface area contributed by atoms with Crippen LogP contribution in [-0.4, -0.2) is 42.5 Å². The predicted molar refractivity (Wildman–Crippen MR) is 132 cm³/mol. The average molecular weight is 492 g/mol. The molecular formula is C27H26FN3O5. The van der Waals surface area contributed by atoms with Crippen molar-refractivity contribution in [2.75, 3.05) is 23.9 Å². The Kier molecular flexibility index (Phi) is 7.48. The number of methoxy groups -OCH3 is 1. The first-order valence-corrected chi connectivity index (χ1v) is 11.5. The number of benzene rings is 3. The monoisotopic (exact) mass is 491 g/mol. The van der Waals surface area contributed by atoms with Gasteiger partial charge >= 0.3 is 6.03 Å². The lowest BCUT2D eigenvalue weighted by molar-refractivity contribution is -0.124. The first-order chi connectivity index (χ1) is 17.4. The van der Waals surface area contributed by atoms with Crippen LogP contribution in [0, 0.1) is 5.82 Å². The molecule has 1 N–H and O–H groups in total. The van der Waals surface area contributed by atoms with Crippen LogP contribution in [0.25, 0.3) is 0 Å². The Bertz CT molecular complexity index is 1250. The second-order valence-corrected chi connectivity index (χ2v) is 8.14. The molecule has 1 heterocycles. The van der Waals surface area contributed by atoms with E-state index < -0.39 is 29.7 Å². The highest BCUT2D eigenvalue weighted by Crippen LogP contribution is 2.30. The molecule has 1 aliphatic heterocycles. The Hall–Kier alpha value is -4.40. The van der Waals surface area contributed by atoms with Crippen molar-refractivity contribution in [3.8, 4) is 11.5 Å². The van der Waals surface area contributed by atoms with Crippen molar-refractivity contribution in [2.24, 2.45) is 0 Å². The second kappa shape index (κ2) is 10.9. The number of hydrogen-bond acceptors (Lipinski definition) is 5. The summed E-state index contributed by atoms with van der Waals surface area (Å²) in [5.74, 6) is -0.193. The first kappa shape index (κ1) is 24.7. The highest BCUT2D eigenvalue weighted by molar-refractivity contribution is 6.22. The van der Waals surface area contributed by atoms with Gasteiger partial charge in [0.15, 0.2) is 0 Å². The van der Waals surface area contributed by atoms with Crippen molar-refractivity contribution in [2.45, 2.75) is 25.9 Å². The Labute approximate surface area is 208 Å². The summed E-state index contributed by atoms with van der Waals surface area (Å²) < 4.78 is 24.3. The third-order valence-corrected chi connectivity index (χ3v) is 5.72. The minimum atomic E-state index is -1.06. The number of imide groups is 1. The third kappa shape index (κ3) is 5.46. The first-order valence-electron chi connectivity index (χ1n) is 11.5. The minimum absolute atomic E-state index is 0.0318. The van der Waals surface area contributed by atoms with Gasteiger partial charge in [0.25, 0.3) is 5.91 Å². The van der Waals surface area contributed by atoms with Gasteiger partial charge in [-0.15, -0.1) is 0 Å². The summed E-state index contributed by atoms with van der Waals surface area (Å²) in [5, 5.41) is 2.76. The van der Waals surface area contributed by atoms with Crippen LogP contribution in [0.4, 0.5) is 20.6 Å². The maximum atomic E-state index is 13.8. The number of anilines is 2. The quantitative estimate of drug-likeness (QED) is 0.442. The number of amides is 4. The standard InChI is InChI=1S/C27H26FN3O5/c1-3-36-23-11-7-20(8-12-23)29-25(32)16-24-26(33)31(21-9-13-22(35-2)14-10-21)27(34)30(24)17-18-5-4-6-19(28)15-18/h4-15,24H,3,16-17H2,1-2H3,(H,29,32)/t24-/m0/s1. The smallest absolute Gasteiger partial charge is 0.332 e. The van der Waals surface area contributed by atoms with Gasteiger partial charge in [-0.05, 0) is 73.2 Å². The van der Waals surface area contributed by atoms with E-state index in [1.165, 1.54) is 30.2 Å². The van der Waals surface area contributed by atoms with Crippen LogP contribution in [-0.2, 0) is 16.1 Å². The summed E-state index contributed by atoms with van der Waals surface area (Å²) in [6.45, 7) is 2.37. The lowest BCUT2D eigenvalue weighted by Crippen LogP contribution is -2.37. The number of halogens is 1. The van der Waals surface area contributed by atoms with Gasteiger partial charge in [0.2, 0.25) is 5.91 Å². The normalized spacial score (nSPS) is 15.2. The van der Waals surface area contributed by atoms with Crippen LogP contribution in [0.5, 0.6) is 11.5 Å². The molecule has 0 aromatic heterocycles. The molecule has 4 rings (SSSR count). The molecule has 0 aliphatic carbocycles. The van der Waals surface area contributed by atoms with Gasteiger partial charge in [-0.2, -0.15) is 0 Å². The van der Waals surface area contributed by atoms with Crippen LogP contribution in [0.3, 0.4) is 0 Å². The molecule has 186 valence electrons. The lowest BCUT2D eigenvalue weighted by atomic mass is 10.1. The lowest BCUT2D eigenvalue weighted by Gasteiger charge is -2.21. The van der Waals surface area contributed by atoms with Crippen LogP contribution >= 0.6 is 0 Å². The van der Waals surface area contributed by atoms with Crippen molar-refractivity contribution in [1.29, 1.82) is 0 Å². The Morgan fingerprint density at radius 2 is 1.69 bits per heavy atom. The van der Waals surface area contributed by atoms with Crippen LogP contribution in [0.2, 0.25) is 0 Å². The summed E-state index contributed by atoms with van der Waals surface area (Å²) in [7, 11) is 1.51. The van der Waals surface area contributed by atoms with Gasteiger partial charge in [0.05, 0.1) is 25.8 Å². The molecule has 0 spiro atoms. The molecule has 1 atom stereocenters. The summed E-state index contributed by atoms with van der Waals surface area (Å²) >= 11 is 0. The van der Waals surface area contributed by atoms with E-state index in [4.69, 9.17) is 9.47 Å². The van der Waals surface area contributed by atoms with Crippen molar-refractivity contribution in [3.05, 3.63) is 84.2 Å². The minimum Gasteiger partial charge on any atom is -0.497 e. The van der Waals surface area contributed by atoms with E-state index >= 15 is 0 Å². The van der Waals surface area contributed by atoms with Crippen molar-refractivity contribution < 1.29 is 28.2 Å². The number of carbonyl (C=O) groups is 3. The Balaban J connectivity index is 1.57. The van der Waals surface area contributed by atoms with Crippen LogP contribution in [0.1, 0.15) is 18.9 Å². The van der Waals surface area contributed by atoms with Gasteiger partial charge < -0.3 is 19.7 Å². The fourth-order valence-electron chi connectivity index (χ4n) is 4.00. The van der Waals surface area contributed by atoms with E-state index in [9.17, 15) is 18.8 Å². The Morgan fingerprint density at radius 3 is 2.33 bits per heavy atom. The van der Waals surface area contributed by atoms with E-state index in [1.807, 2.05) is 6.92 Å². The maximum absolute atomic E-state index is 13.8. The molecule has 0 unspecified atom stereocenters. The molecule has 8 nitrogen and oxygen atoms in total. The highest BCUT2D eigenvalue weighted by Gasteiger charge is 2.46. The summed E-state index contributed by atoms with van der Waals surface area (Å²) in [5.41, 5.74) is 1.39. The van der Waals surface area contributed by atoms with E-state index in [2.05, 4.69) is 5.32 Å². The van der Waals surface area contributed by atoms with Gasteiger partial charge in [0, 0.05) is 12.2 Å². The van der Waals surface area contributed by atoms with Gasteiger partial charge in [-0.1, -0.05) is 12.1 Å². The average Bonchev–Trinajstić information content (AvgIpc) is 3.09. The Morgan fingerprint density at radius 1 is 1.00 bits per heavy atom. The molecule has 9 heteroatoms. The maximum Gasteiger partial charge on any atom is 0.332 e. The number of hydrogen-bond donors (Lipinski definition) is 1.